The summed E-state index contributed by atoms with van der Waals surface area (Å²) in [7, 11) is 0. The third-order valence-electron chi connectivity index (χ3n) is 1.16. The Balaban J connectivity index is 3.60. The highest BCUT2D eigenvalue weighted by molar-refractivity contribution is 14.1. The summed E-state index contributed by atoms with van der Waals surface area (Å²) in [5.41, 5.74) is 0. The molecule has 0 nitrogen and oxygen atoms in total. The van der Waals surface area contributed by atoms with Gasteiger partial charge in [-0.25, -0.2) is 4.39 Å². The van der Waals surface area contributed by atoms with Gasteiger partial charge < -0.3 is 0 Å². The van der Waals surface area contributed by atoms with Crippen LogP contribution in [0.25, 0.3) is 0 Å². The van der Waals surface area contributed by atoms with Crippen molar-refractivity contribution in [3.05, 3.63) is 28.4 Å². The first-order valence-corrected chi connectivity index (χ1v) is 6.05. The van der Waals surface area contributed by atoms with Crippen molar-refractivity contribution in [1.82, 2.24) is 0 Å². The summed E-state index contributed by atoms with van der Waals surface area (Å²) in [6.45, 7) is 0. The van der Waals surface area contributed by atoms with Crippen molar-refractivity contribution in [2.45, 2.75) is 0 Å². The van der Waals surface area contributed by atoms with Crippen molar-refractivity contribution in [1.29, 1.82) is 0 Å². The molecule has 66 valence electrons. The van der Waals surface area contributed by atoms with Crippen LogP contribution in [0.4, 0.5) is 4.39 Å². The molecule has 0 unspecified atom stereocenters. The first-order chi connectivity index (χ1) is 5.46. The van der Waals surface area contributed by atoms with Gasteiger partial charge in [0.1, 0.15) is 0 Å². The Bertz CT molecular complexity index is 238. The third-order valence-corrected chi connectivity index (χ3v) is 6.47. The molecule has 12 heavy (non-hydrogen) atoms. The van der Waals surface area contributed by atoms with Crippen molar-refractivity contribution in [2.24, 2.45) is 0 Å². The molecule has 1 aromatic rings. The van der Waals surface area contributed by atoms with Crippen LogP contribution in [0.1, 0.15) is 0 Å². The Morgan fingerprint density at radius 3 is 1.75 bits per heavy atom. The third kappa shape index (κ3) is 1.92. The molecule has 0 N–H and O–H groups in total. The van der Waals surface area contributed by atoms with Crippen LogP contribution in [0.15, 0.2) is 8.95 Å². The van der Waals surface area contributed by atoms with Gasteiger partial charge in [-0.15, -0.1) is 0 Å². The van der Waals surface area contributed by atoms with E-state index in [4.69, 9.17) is 23.2 Å². The molecule has 1 rings (SSSR count). The Labute approximate surface area is 109 Å². The smallest absolute Gasteiger partial charge is 0.162 e. The van der Waals surface area contributed by atoms with E-state index in [1.54, 1.807) is 0 Å². The maximum absolute atomic E-state index is 13.1. The number of rotatable bonds is 0. The molecule has 0 saturated carbocycles. The van der Waals surface area contributed by atoms with E-state index in [9.17, 15) is 4.39 Å². The zero-order valence-corrected chi connectivity index (χ0v) is 12.1. The fourth-order valence-corrected chi connectivity index (χ4v) is 2.87. The molecule has 1 aromatic carbocycles. The van der Waals surface area contributed by atoms with Crippen molar-refractivity contribution in [2.75, 3.05) is 0 Å². The number of halogens is 6. The Kier molecular flexibility index (Phi) is 4.11. The van der Waals surface area contributed by atoms with E-state index >= 15 is 0 Å². The van der Waals surface area contributed by atoms with E-state index in [2.05, 4.69) is 31.9 Å². The molecule has 0 atom stereocenters. The largest absolute Gasteiger partial charge is 0.204 e. The molecule has 0 saturated heterocycles. The summed E-state index contributed by atoms with van der Waals surface area (Å²) in [4.78, 5) is 0. The van der Waals surface area contributed by atoms with Gasteiger partial charge in [-0.1, -0.05) is 23.2 Å². The van der Waals surface area contributed by atoms with E-state index in [0.717, 1.165) is 3.57 Å². The van der Waals surface area contributed by atoms with Gasteiger partial charge >= 0.3 is 0 Å². The maximum Gasteiger partial charge on any atom is 0.162 e. The molecule has 0 spiro atoms. The minimum Gasteiger partial charge on any atom is -0.204 e. The van der Waals surface area contributed by atoms with Crippen LogP contribution in [-0.2, 0) is 0 Å². The summed E-state index contributed by atoms with van der Waals surface area (Å²) in [5, 5.41) is 0.0141. The average Bonchev–Trinajstić information content (AvgIpc) is 2.08. The van der Waals surface area contributed by atoms with Gasteiger partial charge in [-0.3, -0.25) is 0 Å². The second-order valence-corrected chi connectivity index (χ2v) is 5.30. The molecule has 6 heteroatoms. The predicted molar refractivity (Wildman–Crippen MR) is 64.5 cm³/mol. The highest BCUT2D eigenvalue weighted by Gasteiger charge is 2.17. The molecule has 0 bridgehead atoms. The van der Waals surface area contributed by atoms with Gasteiger partial charge in [-0.05, 0) is 54.5 Å². The normalized spacial score (nSPS) is 10.5. The van der Waals surface area contributed by atoms with Gasteiger partial charge in [0.25, 0.3) is 0 Å². The van der Waals surface area contributed by atoms with Crippen molar-refractivity contribution < 1.29 is 4.39 Å². The van der Waals surface area contributed by atoms with Gasteiger partial charge in [-0.2, -0.15) is 0 Å². The Hall–Kier alpha value is 1.42. The van der Waals surface area contributed by atoms with E-state index in [-0.39, 0.29) is 10.0 Å². The molecular weight excluding hydrogens is 449 g/mol. The minimum absolute atomic E-state index is 0.00704. The van der Waals surface area contributed by atoms with Crippen LogP contribution in [0, 0.1) is 9.39 Å². The fourth-order valence-electron chi connectivity index (χ4n) is 0.578. The average molecular weight is 449 g/mol. The van der Waals surface area contributed by atoms with Crippen molar-refractivity contribution in [3.63, 3.8) is 0 Å². The first kappa shape index (κ1) is 11.5. The monoisotopic (exact) mass is 446 g/mol. The van der Waals surface area contributed by atoms with Crippen LogP contribution in [0.2, 0.25) is 10.0 Å². The van der Waals surface area contributed by atoms with E-state index in [0.29, 0.717) is 8.95 Å². The zero-order valence-electron chi connectivity index (χ0n) is 5.27. The van der Waals surface area contributed by atoms with Crippen LogP contribution >= 0.6 is 77.7 Å². The lowest BCUT2D eigenvalue weighted by molar-refractivity contribution is 0.626. The molecule has 0 fully saturated rings. The molecular formula is C6Br2Cl2FI. The van der Waals surface area contributed by atoms with Crippen LogP contribution < -0.4 is 0 Å². The SMILES string of the molecule is Fc1c(Cl)c(Br)c(I)c(Br)c1Cl. The lowest BCUT2D eigenvalue weighted by Gasteiger charge is -2.06. The van der Waals surface area contributed by atoms with Crippen molar-refractivity contribution in [3.8, 4) is 0 Å². The summed E-state index contributed by atoms with van der Waals surface area (Å²) < 4.78 is 14.9. The Morgan fingerprint density at radius 2 is 1.42 bits per heavy atom. The summed E-state index contributed by atoms with van der Waals surface area (Å²) >= 11 is 19.6. The minimum atomic E-state index is -0.613. The van der Waals surface area contributed by atoms with Gasteiger partial charge in [0.05, 0.1) is 19.0 Å². The van der Waals surface area contributed by atoms with Crippen LogP contribution in [0.3, 0.4) is 0 Å². The lowest BCUT2D eigenvalue weighted by Crippen LogP contribution is -1.88. The van der Waals surface area contributed by atoms with E-state index < -0.39 is 5.82 Å². The highest BCUT2D eigenvalue weighted by atomic mass is 127. The van der Waals surface area contributed by atoms with E-state index in [1.807, 2.05) is 22.6 Å². The molecule has 0 amide bonds. The fraction of sp³-hybridized carbons (Fsp3) is 0. The summed E-state index contributed by atoms with van der Waals surface area (Å²) in [5.74, 6) is -0.613. The molecule has 0 radical (unpaired) electrons. The van der Waals surface area contributed by atoms with Crippen LogP contribution in [0.5, 0.6) is 0 Å². The summed E-state index contributed by atoms with van der Waals surface area (Å²) in [6.07, 6.45) is 0. The first-order valence-electron chi connectivity index (χ1n) is 2.63. The summed E-state index contributed by atoms with van der Waals surface area (Å²) in [6, 6.07) is 0. The maximum atomic E-state index is 13.1. The van der Waals surface area contributed by atoms with Crippen LogP contribution in [-0.4, -0.2) is 0 Å². The molecule has 0 aliphatic rings. The quantitative estimate of drug-likeness (QED) is 0.288. The van der Waals surface area contributed by atoms with Gasteiger partial charge in [0.2, 0.25) is 0 Å². The number of benzene rings is 1. The van der Waals surface area contributed by atoms with Gasteiger partial charge in [0.15, 0.2) is 5.82 Å². The topological polar surface area (TPSA) is 0 Å². The van der Waals surface area contributed by atoms with E-state index in [1.165, 1.54) is 0 Å². The molecule has 0 aromatic heterocycles. The van der Waals surface area contributed by atoms with Crippen molar-refractivity contribution >= 4 is 77.7 Å². The molecule has 0 aliphatic heterocycles. The highest BCUT2D eigenvalue weighted by Crippen LogP contribution is 2.40. The molecule has 0 heterocycles. The lowest BCUT2D eigenvalue weighted by atomic mass is 10.3. The zero-order chi connectivity index (χ0) is 9.46. The second kappa shape index (κ2) is 4.29. The number of hydrogen-bond donors (Lipinski definition) is 0. The number of hydrogen-bond acceptors (Lipinski definition) is 0. The molecule has 0 aliphatic carbocycles. The van der Waals surface area contributed by atoms with Gasteiger partial charge in [0, 0.05) is 3.57 Å². The second-order valence-electron chi connectivity index (χ2n) is 1.88. The standard InChI is InChI=1S/C6Br2Cl2FI/c7-1-3(9)5(11)4(10)2(8)6(1)12. The Morgan fingerprint density at radius 1 is 1.08 bits per heavy atom. The predicted octanol–water partition coefficient (Wildman–Crippen LogP) is 5.26.